The Labute approximate surface area is 118 Å². The van der Waals surface area contributed by atoms with E-state index in [1.807, 2.05) is 33.9 Å². The molecule has 0 saturated carbocycles. The van der Waals surface area contributed by atoms with Crippen LogP contribution in [0.2, 0.25) is 0 Å². The smallest absolute Gasteiger partial charge is 0.227 e. The van der Waals surface area contributed by atoms with Gasteiger partial charge < -0.3 is 9.42 Å². The van der Waals surface area contributed by atoms with Crippen molar-refractivity contribution in [2.24, 2.45) is 7.05 Å². The highest BCUT2D eigenvalue weighted by Crippen LogP contribution is 2.14. The van der Waals surface area contributed by atoms with Crippen molar-refractivity contribution in [1.82, 2.24) is 19.8 Å². The van der Waals surface area contributed by atoms with Gasteiger partial charge in [0, 0.05) is 31.4 Å². The molecule has 0 atom stereocenters. The van der Waals surface area contributed by atoms with E-state index in [1.54, 1.807) is 16.6 Å². The van der Waals surface area contributed by atoms with Gasteiger partial charge in [0.1, 0.15) is 11.5 Å². The van der Waals surface area contributed by atoms with Crippen LogP contribution < -0.4 is 0 Å². The van der Waals surface area contributed by atoms with Crippen LogP contribution in [0.3, 0.4) is 0 Å². The highest BCUT2D eigenvalue weighted by atomic mass is 16.5. The lowest BCUT2D eigenvalue weighted by atomic mass is 10.1. The minimum atomic E-state index is 0.0462. The van der Waals surface area contributed by atoms with Crippen LogP contribution in [0.25, 0.3) is 0 Å². The fraction of sp³-hybridized carbons (Fsp3) is 0.500. The first-order valence-corrected chi connectivity index (χ1v) is 6.53. The summed E-state index contributed by atoms with van der Waals surface area (Å²) >= 11 is 0. The average molecular weight is 276 g/mol. The third kappa shape index (κ3) is 2.89. The summed E-state index contributed by atoms with van der Waals surface area (Å²) in [6.45, 7) is 6.19. The van der Waals surface area contributed by atoms with E-state index < -0.39 is 0 Å². The van der Waals surface area contributed by atoms with E-state index in [0.717, 1.165) is 28.4 Å². The number of aryl methyl sites for hydroxylation is 3. The van der Waals surface area contributed by atoms with Gasteiger partial charge in [-0.05, 0) is 20.8 Å². The Balaban J connectivity index is 2.04. The van der Waals surface area contributed by atoms with Crippen LogP contribution in [0.5, 0.6) is 0 Å². The van der Waals surface area contributed by atoms with Crippen molar-refractivity contribution in [2.45, 2.75) is 33.7 Å². The Morgan fingerprint density at radius 1 is 1.40 bits per heavy atom. The quantitative estimate of drug-likeness (QED) is 0.849. The summed E-state index contributed by atoms with van der Waals surface area (Å²) in [6, 6.07) is 1.84. The normalized spacial score (nSPS) is 10.8. The molecular weight excluding hydrogens is 256 g/mol. The number of nitrogens with zero attached hydrogens (tertiary/aromatic N) is 4. The Bertz CT molecular complexity index is 627. The Kier molecular flexibility index (Phi) is 3.92. The standard InChI is InChI=1S/C14H20N4O2/c1-9-6-12(16-20-9)8-17(4)14(19)7-13-10(2)15-18(5)11(13)3/h6H,7-8H2,1-5H3. The maximum atomic E-state index is 12.3. The largest absolute Gasteiger partial charge is 0.361 e. The van der Waals surface area contributed by atoms with E-state index >= 15 is 0 Å². The molecule has 2 rings (SSSR count). The third-order valence-electron chi connectivity index (χ3n) is 3.49. The molecule has 0 aliphatic rings. The monoisotopic (exact) mass is 276 g/mol. The molecule has 0 radical (unpaired) electrons. The van der Waals surface area contributed by atoms with Gasteiger partial charge in [-0.25, -0.2) is 0 Å². The van der Waals surface area contributed by atoms with E-state index in [-0.39, 0.29) is 5.91 Å². The van der Waals surface area contributed by atoms with Crippen molar-refractivity contribution in [1.29, 1.82) is 0 Å². The highest BCUT2D eigenvalue weighted by molar-refractivity contribution is 5.79. The highest BCUT2D eigenvalue weighted by Gasteiger charge is 2.17. The second kappa shape index (κ2) is 5.48. The molecule has 0 aliphatic carbocycles. The van der Waals surface area contributed by atoms with Crippen molar-refractivity contribution < 1.29 is 9.32 Å². The van der Waals surface area contributed by atoms with Gasteiger partial charge in [-0.1, -0.05) is 5.16 Å². The van der Waals surface area contributed by atoms with Gasteiger partial charge in [0.25, 0.3) is 0 Å². The second-order valence-corrected chi connectivity index (χ2v) is 5.13. The number of aromatic nitrogens is 3. The van der Waals surface area contributed by atoms with Crippen molar-refractivity contribution >= 4 is 5.91 Å². The molecular formula is C14H20N4O2. The van der Waals surface area contributed by atoms with Gasteiger partial charge in [-0.3, -0.25) is 9.48 Å². The lowest BCUT2D eigenvalue weighted by Gasteiger charge is -2.15. The molecule has 0 aliphatic heterocycles. The number of likely N-dealkylation sites (N-methyl/N-ethyl adjacent to an activating group) is 1. The van der Waals surface area contributed by atoms with Crippen LogP contribution in [-0.4, -0.2) is 32.8 Å². The summed E-state index contributed by atoms with van der Waals surface area (Å²) < 4.78 is 6.81. The lowest BCUT2D eigenvalue weighted by molar-refractivity contribution is -0.129. The van der Waals surface area contributed by atoms with E-state index in [4.69, 9.17) is 4.52 Å². The third-order valence-corrected chi connectivity index (χ3v) is 3.49. The van der Waals surface area contributed by atoms with Gasteiger partial charge in [-0.2, -0.15) is 5.10 Å². The molecule has 6 nitrogen and oxygen atoms in total. The number of carbonyl (C=O) groups excluding carboxylic acids is 1. The van der Waals surface area contributed by atoms with E-state index in [2.05, 4.69) is 10.3 Å². The molecule has 0 fully saturated rings. The van der Waals surface area contributed by atoms with Gasteiger partial charge in [0.05, 0.1) is 18.7 Å². The molecule has 0 unspecified atom stereocenters. The van der Waals surface area contributed by atoms with Gasteiger partial charge in [0.2, 0.25) is 5.91 Å². The number of hydrogen-bond donors (Lipinski definition) is 0. The Morgan fingerprint density at radius 2 is 2.10 bits per heavy atom. The van der Waals surface area contributed by atoms with Crippen LogP contribution in [0.4, 0.5) is 0 Å². The van der Waals surface area contributed by atoms with Crippen LogP contribution in [0.15, 0.2) is 10.6 Å². The Morgan fingerprint density at radius 3 is 2.60 bits per heavy atom. The lowest BCUT2D eigenvalue weighted by Crippen LogP contribution is -2.28. The van der Waals surface area contributed by atoms with Crippen molar-refractivity contribution in [3.8, 4) is 0 Å². The van der Waals surface area contributed by atoms with Crippen molar-refractivity contribution in [2.75, 3.05) is 7.05 Å². The first-order chi connectivity index (χ1) is 9.38. The molecule has 108 valence electrons. The summed E-state index contributed by atoms with van der Waals surface area (Å²) in [5.41, 5.74) is 3.70. The minimum absolute atomic E-state index is 0.0462. The maximum absolute atomic E-state index is 12.3. The summed E-state index contributed by atoms with van der Waals surface area (Å²) in [5, 5.41) is 8.23. The first-order valence-electron chi connectivity index (χ1n) is 6.53. The molecule has 1 amide bonds. The molecule has 2 aromatic rings. The summed E-state index contributed by atoms with van der Waals surface area (Å²) in [4.78, 5) is 13.9. The van der Waals surface area contributed by atoms with Crippen LogP contribution in [-0.2, 0) is 24.8 Å². The van der Waals surface area contributed by atoms with Crippen molar-refractivity contribution in [3.63, 3.8) is 0 Å². The predicted molar refractivity (Wildman–Crippen MR) is 74.1 cm³/mol. The second-order valence-electron chi connectivity index (χ2n) is 5.13. The number of rotatable bonds is 4. The summed E-state index contributed by atoms with van der Waals surface area (Å²) in [5.74, 6) is 0.796. The zero-order valence-electron chi connectivity index (χ0n) is 12.6. The van der Waals surface area contributed by atoms with Gasteiger partial charge in [-0.15, -0.1) is 0 Å². The molecule has 0 bridgehead atoms. The number of carbonyl (C=O) groups is 1. The molecule has 6 heteroatoms. The van der Waals surface area contributed by atoms with E-state index in [1.165, 1.54) is 0 Å². The minimum Gasteiger partial charge on any atom is -0.361 e. The van der Waals surface area contributed by atoms with Crippen molar-refractivity contribution in [3.05, 3.63) is 34.5 Å². The fourth-order valence-corrected chi connectivity index (χ4v) is 2.18. The maximum Gasteiger partial charge on any atom is 0.227 e. The van der Waals surface area contributed by atoms with Crippen LogP contribution in [0, 0.1) is 20.8 Å². The fourth-order valence-electron chi connectivity index (χ4n) is 2.18. The molecule has 0 spiro atoms. The van der Waals surface area contributed by atoms with E-state index in [9.17, 15) is 4.79 Å². The molecule has 2 aromatic heterocycles. The predicted octanol–water partition coefficient (Wildman–Crippen LogP) is 1.53. The molecule has 0 N–H and O–H groups in total. The van der Waals surface area contributed by atoms with Gasteiger partial charge >= 0.3 is 0 Å². The zero-order valence-corrected chi connectivity index (χ0v) is 12.6. The molecule has 20 heavy (non-hydrogen) atoms. The first kappa shape index (κ1) is 14.3. The number of hydrogen-bond acceptors (Lipinski definition) is 4. The Hall–Kier alpha value is -2.11. The molecule has 2 heterocycles. The van der Waals surface area contributed by atoms with Crippen LogP contribution in [0.1, 0.15) is 28.4 Å². The number of amides is 1. The zero-order chi connectivity index (χ0) is 14.9. The average Bonchev–Trinajstić information content (AvgIpc) is 2.88. The summed E-state index contributed by atoms with van der Waals surface area (Å²) in [7, 11) is 3.66. The van der Waals surface area contributed by atoms with Crippen LogP contribution >= 0.6 is 0 Å². The molecule has 0 saturated heterocycles. The van der Waals surface area contributed by atoms with E-state index in [0.29, 0.717) is 13.0 Å². The summed E-state index contributed by atoms with van der Waals surface area (Å²) in [6.07, 6.45) is 0.360. The molecule has 0 aromatic carbocycles. The SMILES string of the molecule is Cc1cc(CN(C)C(=O)Cc2c(C)nn(C)c2C)no1. The topological polar surface area (TPSA) is 64.2 Å². The van der Waals surface area contributed by atoms with Gasteiger partial charge in [0.15, 0.2) is 0 Å².